The van der Waals surface area contributed by atoms with Crippen LogP contribution in [0, 0.1) is 10.8 Å². The minimum absolute atomic E-state index is 0.324. The molecule has 0 bridgehead atoms. The number of aliphatic hydroxyl groups is 1. The van der Waals surface area contributed by atoms with Crippen molar-refractivity contribution in [2.45, 2.75) is 51.0 Å². The normalized spacial score (nSPS) is 22.2. The number of nitrogens with one attached hydrogen (secondary N) is 4. The molecular weight excluding hydrogens is 340 g/mol. The van der Waals surface area contributed by atoms with Crippen LogP contribution in [0.25, 0.3) is 0 Å². The first kappa shape index (κ1) is 18.9. The zero-order valence-electron chi connectivity index (χ0n) is 15.3. The first-order valence-corrected chi connectivity index (χ1v) is 9.46. The van der Waals surface area contributed by atoms with Crippen LogP contribution < -0.4 is 10.6 Å². The highest BCUT2D eigenvalue weighted by molar-refractivity contribution is 6.06. The van der Waals surface area contributed by atoms with Crippen LogP contribution in [0.4, 0.5) is 5.69 Å². The van der Waals surface area contributed by atoms with Crippen LogP contribution in [-0.2, 0) is 4.79 Å². The van der Waals surface area contributed by atoms with E-state index in [1.54, 1.807) is 0 Å². The SMILES string of the molecule is N=CC1=C(Nc2ccccc2)CCCC1NC(=O)/C(O)=C1\CCCCC1=N. The largest absolute Gasteiger partial charge is 0.503 e. The summed E-state index contributed by atoms with van der Waals surface area (Å²) < 4.78 is 0. The van der Waals surface area contributed by atoms with Crippen molar-refractivity contribution in [3.8, 4) is 0 Å². The van der Waals surface area contributed by atoms with Gasteiger partial charge in [0, 0.05) is 34.5 Å². The highest BCUT2D eigenvalue weighted by Crippen LogP contribution is 2.27. The Morgan fingerprint density at radius 1 is 1.11 bits per heavy atom. The lowest BCUT2D eigenvalue weighted by molar-refractivity contribution is -0.120. The minimum Gasteiger partial charge on any atom is -0.503 e. The molecule has 1 unspecified atom stereocenters. The van der Waals surface area contributed by atoms with E-state index in [9.17, 15) is 9.90 Å². The van der Waals surface area contributed by atoms with Gasteiger partial charge in [-0.15, -0.1) is 0 Å². The monoisotopic (exact) mass is 366 g/mol. The van der Waals surface area contributed by atoms with Crippen molar-refractivity contribution < 1.29 is 9.90 Å². The number of carbonyl (C=O) groups excluding carboxylic acids is 1. The van der Waals surface area contributed by atoms with Crippen molar-refractivity contribution in [1.82, 2.24) is 5.32 Å². The number of allylic oxidation sites excluding steroid dienone is 2. The average molecular weight is 366 g/mol. The van der Waals surface area contributed by atoms with Crippen molar-refractivity contribution in [1.29, 1.82) is 10.8 Å². The Morgan fingerprint density at radius 3 is 2.56 bits per heavy atom. The Labute approximate surface area is 159 Å². The topological polar surface area (TPSA) is 109 Å². The van der Waals surface area contributed by atoms with Gasteiger partial charge in [0.25, 0.3) is 5.91 Å². The highest BCUT2D eigenvalue weighted by Gasteiger charge is 2.27. The van der Waals surface area contributed by atoms with E-state index in [1.165, 1.54) is 6.21 Å². The number of benzene rings is 1. The number of aliphatic hydroxyl groups excluding tert-OH is 1. The molecule has 0 aromatic heterocycles. The molecular formula is C21H26N4O2. The lowest BCUT2D eigenvalue weighted by Gasteiger charge is -2.28. The summed E-state index contributed by atoms with van der Waals surface area (Å²) in [6.45, 7) is 0. The quantitative estimate of drug-likeness (QED) is 0.308. The molecule has 5 N–H and O–H groups in total. The molecule has 2 aliphatic rings. The van der Waals surface area contributed by atoms with Gasteiger partial charge in [-0.1, -0.05) is 18.2 Å². The summed E-state index contributed by atoms with van der Waals surface area (Å²) >= 11 is 0. The van der Waals surface area contributed by atoms with E-state index in [4.69, 9.17) is 10.8 Å². The van der Waals surface area contributed by atoms with Crippen LogP contribution in [-0.4, -0.2) is 29.0 Å². The molecule has 3 rings (SSSR count). The second-order valence-electron chi connectivity index (χ2n) is 7.00. The van der Waals surface area contributed by atoms with Crippen LogP contribution >= 0.6 is 0 Å². The number of para-hydroxylation sites is 1. The van der Waals surface area contributed by atoms with Crippen molar-refractivity contribution in [3.05, 3.63) is 52.9 Å². The van der Waals surface area contributed by atoms with Gasteiger partial charge in [-0.05, 0) is 57.1 Å². The first-order chi connectivity index (χ1) is 13.1. The molecule has 1 atom stereocenters. The summed E-state index contributed by atoms with van der Waals surface area (Å²) in [7, 11) is 0. The third kappa shape index (κ3) is 4.45. The molecule has 1 saturated carbocycles. The van der Waals surface area contributed by atoms with Crippen molar-refractivity contribution in [2.24, 2.45) is 0 Å². The van der Waals surface area contributed by atoms with Gasteiger partial charge < -0.3 is 26.6 Å². The van der Waals surface area contributed by atoms with Gasteiger partial charge in [0.15, 0.2) is 5.76 Å². The summed E-state index contributed by atoms with van der Waals surface area (Å²) in [4.78, 5) is 12.5. The van der Waals surface area contributed by atoms with Crippen molar-refractivity contribution in [2.75, 3.05) is 5.32 Å². The Kier molecular flexibility index (Phi) is 6.06. The van der Waals surface area contributed by atoms with Gasteiger partial charge >= 0.3 is 0 Å². The second-order valence-corrected chi connectivity index (χ2v) is 7.00. The molecule has 0 saturated heterocycles. The Hall–Kier alpha value is -2.89. The van der Waals surface area contributed by atoms with E-state index in [2.05, 4.69) is 10.6 Å². The molecule has 0 aliphatic heterocycles. The van der Waals surface area contributed by atoms with E-state index in [1.807, 2.05) is 30.3 Å². The summed E-state index contributed by atoms with van der Waals surface area (Å²) in [6.07, 6.45) is 6.67. The molecule has 6 nitrogen and oxygen atoms in total. The molecule has 0 heterocycles. The van der Waals surface area contributed by atoms with E-state index < -0.39 is 5.91 Å². The lowest BCUT2D eigenvalue weighted by Crippen LogP contribution is -2.40. The molecule has 1 amide bonds. The smallest absolute Gasteiger partial charge is 0.286 e. The van der Waals surface area contributed by atoms with Crippen LogP contribution in [0.5, 0.6) is 0 Å². The third-order valence-electron chi connectivity index (χ3n) is 5.14. The zero-order valence-corrected chi connectivity index (χ0v) is 15.3. The summed E-state index contributed by atoms with van der Waals surface area (Å²) in [6, 6.07) is 9.43. The minimum atomic E-state index is -0.554. The molecule has 1 aromatic carbocycles. The third-order valence-corrected chi connectivity index (χ3v) is 5.14. The fourth-order valence-corrected chi connectivity index (χ4v) is 3.69. The van der Waals surface area contributed by atoms with Crippen LogP contribution in [0.1, 0.15) is 44.9 Å². The van der Waals surface area contributed by atoms with Crippen LogP contribution in [0.15, 0.2) is 52.9 Å². The standard InChI is InChI=1S/C21H26N4O2/c22-13-16-18(24-14-7-2-1-3-8-14)11-6-12-19(16)25-21(27)20(26)15-9-4-5-10-17(15)23/h1-3,7-8,13,19,22-24,26H,4-6,9-12H2,(H,25,27)/b20-15-,22-13?,23-17?. The van der Waals surface area contributed by atoms with Crippen LogP contribution in [0.2, 0.25) is 0 Å². The maximum absolute atomic E-state index is 12.5. The van der Waals surface area contributed by atoms with E-state index in [-0.39, 0.29) is 11.8 Å². The number of carbonyl (C=O) groups is 1. The first-order valence-electron chi connectivity index (χ1n) is 9.46. The molecule has 142 valence electrons. The second kappa shape index (κ2) is 8.66. The van der Waals surface area contributed by atoms with Crippen LogP contribution in [0.3, 0.4) is 0 Å². The van der Waals surface area contributed by atoms with Gasteiger partial charge in [-0.25, -0.2) is 0 Å². The molecule has 1 aromatic rings. The Balaban J connectivity index is 1.78. The maximum Gasteiger partial charge on any atom is 0.286 e. The average Bonchev–Trinajstić information content (AvgIpc) is 2.69. The lowest BCUT2D eigenvalue weighted by atomic mass is 9.90. The number of hydrogen-bond donors (Lipinski definition) is 5. The summed E-state index contributed by atoms with van der Waals surface area (Å²) in [5, 5.41) is 32.3. The van der Waals surface area contributed by atoms with Crippen molar-refractivity contribution >= 4 is 23.5 Å². The Morgan fingerprint density at radius 2 is 1.85 bits per heavy atom. The fraction of sp³-hybridized carbons (Fsp3) is 0.381. The molecule has 2 aliphatic carbocycles. The fourth-order valence-electron chi connectivity index (χ4n) is 3.69. The number of rotatable bonds is 5. The van der Waals surface area contributed by atoms with Gasteiger partial charge in [-0.3, -0.25) is 4.79 Å². The predicted octanol–water partition coefficient (Wildman–Crippen LogP) is 4.08. The van der Waals surface area contributed by atoms with E-state index in [0.717, 1.165) is 49.1 Å². The van der Waals surface area contributed by atoms with Gasteiger partial charge in [0.2, 0.25) is 0 Å². The van der Waals surface area contributed by atoms with Gasteiger partial charge in [0.05, 0.1) is 6.04 Å². The molecule has 1 fully saturated rings. The summed E-state index contributed by atoms with van der Waals surface area (Å²) in [5.74, 6) is -0.894. The van der Waals surface area contributed by atoms with Gasteiger partial charge in [-0.2, -0.15) is 0 Å². The maximum atomic E-state index is 12.5. The number of hydrogen-bond acceptors (Lipinski definition) is 5. The number of amides is 1. The molecule has 27 heavy (non-hydrogen) atoms. The molecule has 0 spiro atoms. The molecule has 0 radical (unpaired) electrons. The summed E-state index contributed by atoms with van der Waals surface area (Å²) in [5.41, 5.74) is 3.41. The predicted molar refractivity (Wildman–Crippen MR) is 108 cm³/mol. The Bertz CT molecular complexity index is 796. The zero-order chi connectivity index (χ0) is 19.2. The number of anilines is 1. The highest BCUT2D eigenvalue weighted by atomic mass is 16.3. The molecule has 6 heteroatoms. The van der Waals surface area contributed by atoms with Gasteiger partial charge in [0.1, 0.15) is 0 Å². The van der Waals surface area contributed by atoms with Crippen molar-refractivity contribution in [3.63, 3.8) is 0 Å². The van der Waals surface area contributed by atoms with E-state index in [0.29, 0.717) is 24.1 Å². The van der Waals surface area contributed by atoms with E-state index >= 15 is 0 Å².